The van der Waals surface area contributed by atoms with Crippen LogP contribution in [-0.4, -0.2) is 26.2 Å². The Bertz CT molecular complexity index is 520. The van der Waals surface area contributed by atoms with Gasteiger partial charge in [0, 0.05) is 0 Å². The Morgan fingerprint density at radius 1 is 1.17 bits per heavy atom. The molecule has 2 aliphatic carbocycles. The van der Waals surface area contributed by atoms with Gasteiger partial charge in [-0.2, -0.15) is 0 Å². The fourth-order valence-electron chi connectivity index (χ4n) is 4.01. The normalized spacial score (nSPS) is 28.1. The molecule has 0 amide bonds. The van der Waals surface area contributed by atoms with Crippen molar-refractivity contribution in [2.45, 2.75) is 46.5 Å². The van der Waals surface area contributed by atoms with Crippen molar-refractivity contribution < 1.29 is 19.1 Å². The highest BCUT2D eigenvalue weighted by Gasteiger charge is 2.57. The van der Waals surface area contributed by atoms with Crippen LogP contribution in [0.3, 0.4) is 0 Å². The average Bonchev–Trinajstić information content (AvgIpc) is 2.80. The lowest BCUT2D eigenvalue weighted by molar-refractivity contribution is -0.168. The van der Waals surface area contributed by atoms with E-state index in [0.29, 0.717) is 12.8 Å². The summed E-state index contributed by atoms with van der Waals surface area (Å²) in [5, 5.41) is 0. The van der Waals surface area contributed by atoms with E-state index in [4.69, 9.17) is 9.47 Å². The predicted molar refractivity (Wildman–Crippen MR) is 88.6 cm³/mol. The van der Waals surface area contributed by atoms with Gasteiger partial charge in [0.15, 0.2) is 5.41 Å². The molecule has 0 saturated heterocycles. The Hall–Kier alpha value is -1.58. The lowest BCUT2D eigenvalue weighted by atomic mass is 9.81. The first kappa shape index (κ1) is 17.8. The Morgan fingerprint density at radius 2 is 1.78 bits per heavy atom. The number of carbonyl (C=O) groups excluding carboxylic acids is 2. The molecule has 2 aliphatic rings. The molecule has 0 aliphatic heterocycles. The lowest BCUT2D eigenvalue weighted by Crippen LogP contribution is -2.39. The zero-order chi connectivity index (χ0) is 17.3. The van der Waals surface area contributed by atoms with Crippen LogP contribution in [0.1, 0.15) is 46.5 Å². The molecule has 0 aromatic heterocycles. The third-order valence-electron chi connectivity index (χ3n) is 4.90. The topological polar surface area (TPSA) is 52.6 Å². The molecule has 0 bridgehead atoms. The molecule has 0 aromatic rings. The zero-order valence-electron chi connectivity index (χ0n) is 14.8. The molecule has 23 heavy (non-hydrogen) atoms. The van der Waals surface area contributed by atoms with E-state index in [2.05, 4.69) is 39.0 Å². The van der Waals surface area contributed by atoms with E-state index >= 15 is 0 Å². The molecule has 0 heterocycles. The van der Waals surface area contributed by atoms with Crippen molar-refractivity contribution in [2.24, 2.45) is 22.7 Å². The van der Waals surface area contributed by atoms with Crippen molar-refractivity contribution in [3.8, 4) is 0 Å². The molecule has 1 fully saturated rings. The highest BCUT2D eigenvalue weighted by molar-refractivity contribution is 6.00. The molecule has 1 saturated carbocycles. The predicted octanol–water partition coefficient (Wildman–Crippen LogP) is 3.67. The Balaban J connectivity index is 2.43. The fraction of sp³-hybridized carbons (Fsp3) is 0.684. The van der Waals surface area contributed by atoms with E-state index in [1.807, 2.05) is 0 Å². The number of hydrogen-bond donors (Lipinski definition) is 0. The molecule has 4 nitrogen and oxygen atoms in total. The summed E-state index contributed by atoms with van der Waals surface area (Å²) in [6.45, 7) is 6.53. The first-order valence-electron chi connectivity index (χ1n) is 8.28. The van der Waals surface area contributed by atoms with Crippen molar-refractivity contribution in [2.75, 3.05) is 14.2 Å². The maximum atomic E-state index is 12.4. The van der Waals surface area contributed by atoms with Gasteiger partial charge in [0.2, 0.25) is 0 Å². The average molecular weight is 320 g/mol. The summed E-state index contributed by atoms with van der Waals surface area (Å²) in [7, 11) is 2.67. The van der Waals surface area contributed by atoms with Crippen molar-refractivity contribution in [3.05, 3.63) is 23.8 Å². The van der Waals surface area contributed by atoms with Gasteiger partial charge in [-0.1, -0.05) is 44.6 Å². The monoisotopic (exact) mass is 320 g/mol. The number of rotatable bonds is 2. The summed E-state index contributed by atoms with van der Waals surface area (Å²) >= 11 is 0. The smallest absolute Gasteiger partial charge is 0.323 e. The quantitative estimate of drug-likeness (QED) is 0.442. The Morgan fingerprint density at radius 3 is 2.30 bits per heavy atom. The van der Waals surface area contributed by atoms with Crippen LogP contribution < -0.4 is 0 Å². The number of allylic oxidation sites excluding steroid dienone is 4. The second-order valence-corrected chi connectivity index (χ2v) is 7.80. The van der Waals surface area contributed by atoms with Crippen molar-refractivity contribution in [1.29, 1.82) is 0 Å². The van der Waals surface area contributed by atoms with Gasteiger partial charge in [0.05, 0.1) is 14.2 Å². The fourth-order valence-corrected chi connectivity index (χ4v) is 4.01. The van der Waals surface area contributed by atoms with Gasteiger partial charge >= 0.3 is 11.9 Å². The molecule has 2 atom stereocenters. The van der Waals surface area contributed by atoms with Crippen LogP contribution in [0.5, 0.6) is 0 Å². The number of esters is 2. The summed E-state index contributed by atoms with van der Waals surface area (Å²) in [5.41, 5.74) is 0.255. The van der Waals surface area contributed by atoms with E-state index in [0.717, 1.165) is 12.8 Å². The van der Waals surface area contributed by atoms with Crippen LogP contribution in [0.2, 0.25) is 0 Å². The van der Waals surface area contributed by atoms with Gasteiger partial charge in [0.1, 0.15) is 0 Å². The minimum atomic E-state index is -1.17. The first-order chi connectivity index (χ1) is 10.7. The highest BCUT2D eigenvalue weighted by atomic mass is 16.5. The van der Waals surface area contributed by atoms with Crippen LogP contribution in [0, 0.1) is 22.7 Å². The molecule has 0 N–H and O–H groups in total. The number of fused-ring (bicyclic) bond motifs is 1. The molecule has 0 unspecified atom stereocenters. The van der Waals surface area contributed by atoms with Gasteiger partial charge in [0.25, 0.3) is 0 Å². The Labute approximate surface area is 138 Å². The minimum absolute atomic E-state index is 0.0754. The van der Waals surface area contributed by atoms with E-state index in [1.165, 1.54) is 19.8 Å². The first-order valence-corrected chi connectivity index (χ1v) is 8.28. The maximum Gasteiger partial charge on any atom is 0.323 e. The second-order valence-electron chi connectivity index (χ2n) is 7.80. The largest absolute Gasteiger partial charge is 0.468 e. The van der Waals surface area contributed by atoms with E-state index < -0.39 is 17.4 Å². The standard InChI is InChI=1S/C19H28O4/c1-18(2,3)10-13-8-6-7-9-14-11-19(12-15(13)14,16(20)22-4)17(21)23-5/h7,9-10,14-15H,6,8,11-12H2,1-5H3/b13-10-/t14-,15-/m1/s1. The highest BCUT2D eigenvalue weighted by Crippen LogP contribution is 2.52. The molecule has 0 spiro atoms. The third kappa shape index (κ3) is 3.51. The molecule has 0 radical (unpaired) electrons. The van der Waals surface area contributed by atoms with Crippen molar-refractivity contribution >= 4 is 11.9 Å². The molecule has 0 aromatic carbocycles. The molecule has 4 heteroatoms. The van der Waals surface area contributed by atoms with Crippen LogP contribution in [0.25, 0.3) is 0 Å². The van der Waals surface area contributed by atoms with Gasteiger partial charge in [-0.25, -0.2) is 0 Å². The van der Waals surface area contributed by atoms with Crippen LogP contribution in [0.15, 0.2) is 23.8 Å². The van der Waals surface area contributed by atoms with Gasteiger partial charge in [-0.05, 0) is 42.9 Å². The summed E-state index contributed by atoms with van der Waals surface area (Å²) in [6.07, 6.45) is 9.58. The number of ether oxygens (including phenoxy) is 2. The summed E-state index contributed by atoms with van der Waals surface area (Å²) < 4.78 is 9.90. The zero-order valence-corrected chi connectivity index (χ0v) is 14.8. The van der Waals surface area contributed by atoms with Crippen LogP contribution >= 0.6 is 0 Å². The molecular formula is C19H28O4. The minimum Gasteiger partial charge on any atom is -0.468 e. The van der Waals surface area contributed by atoms with Crippen LogP contribution in [-0.2, 0) is 19.1 Å². The molecular weight excluding hydrogens is 292 g/mol. The van der Waals surface area contributed by atoms with Crippen molar-refractivity contribution in [3.63, 3.8) is 0 Å². The van der Waals surface area contributed by atoms with E-state index in [1.54, 1.807) is 0 Å². The van der Waals surface area contributed by atoms with Gasteiger partial charge in [-0.3, -0.25) is 9.59 Å². The van der Waals surface area contributed by atoms with Gasteiger partial charge < -0.3 is 9.47 Å². The third-order valence-corrected chi connectivity index (χ3v) is 4.90. The Kier molecular flexibility index (Phi) is 5.02. The van der Waals surface area contributed by atoms with Crippen LogP contribution in [0.4, 0.5) is 0 Å². The summed E-state index contributed by atoms with van der Waals surface area (Å²) in [4.78, 5) is 24.8. The second kappa shape index (κ2) is 6.50. The summed E-state index contributed by atoms with van der Waals surface area (Å²) in [6, 6.07) is 0. The SMILES string of the molecule is COC(=O)C1(C(=O)OC)C[C@H]2C=CCC/C(=C/C(C)(C)C)[C@H]2C1. The summed E-state index contributed by atoms with van der Waals surface area (Å²) in [5.74, 6) is -0.558. The number of methoxy groups -OCH3 is 2. The molecule has 128 valence electrons. The maximum absolute atomic E-state index is 12.4. The van der Waals surface area contributed by atoms with Gasteiger partial charge in [-0.15, -0.1) is 0 Å². The lowest BCUT2D eigenvalue weighted by Gasteiger charge is -2.25. The van der Waals surface area contributed by atoms with Crippen molar-refractivity contribution in [1.82, 2.24) is 0 Å². The number of carbonyl (C=O) groups is 2. The molecule has 2 rings (SSSR count). The van der Waals surface area contributed by atoms with E-state index in [9.17, 15) is 9.59 Å². The van der Waals surface area contributed by atoms with E-state index in [-0.39, 0.29) is 17.3 Å². The number of hydrogen-bond acceptors (Lipinski definition) is 4.